The first-order valence-electron chi connectivity index (χ1n) is 8.64. The van der Waals surface area contributed by atoms with Crippen molar-refractivity contribution in [2.75, 3.05) is 6.54 Å². The molecular formula is C19H15F3N4O3. The Morgan fingerprint density at radius 1 is 1.10 bits per heavy atom. The number of benzene rings is 1. The molecule has 1 aromatic carbocycles. The summed E-state index contributed by atoms with van der Waals surface area (Å²) >= 11 is 0. The molecule has 0 saturated heterocycles. The maximum Gasteiger partial charge on any atom is 0.434 e. The van der Waals surface area contributed by atoms with Crippen molar-refractivity contribution in [3.8, 4) is 17.2 Å². The first-order chi connectivity index (χ1) is 13.8. The van der Waals surface area contributed by atoms with E-state index in [-0.39, 0.29) is 30.3 Å². The zero-order valence-electron chi connectivity index (χ0n) is 14.9. The Morgan fingerprint density at radius 3 is 2.48 bits per heavy atom. The molecule has 150 valence electrons. The zero-order valence-corrected chi connectivity index (χ0v) is 14.9. The average Bonchev–Trinajstić information content (AvgIpc) is 3.14. The number of aromatic nitrogens is 3. The Kier molecular flexibility index (Phi) is 4.40. The van der Waals surface area contributed by atoms with Crippen molar-refractivity contribution in [1.82, 2.24) is 19.7 Å². The summed E-state index contributed by atoms with van der Waals surface area (Å²) in [5, 5.41) is 23.0. The molecule has 0 radical (unpaired) electrons. The van der Waals surface area contributed by atoms with Crippen molar-refractivity contribution < 1.29 is 28.2 Å². The number of hydrogen-bond acceptors (Lipinski definition) is 5. The van der Waals surface area contributed by atoms with Crippen molar-refractivity contribution in [1.29, 1.82) is 0 Å². The van der Waals surface area contributed by atoms with Gasteiger partial charge in [0.25, 0.3) is 5.91 Å². The summed E-state index contributed by atoms with van der Waals surface area (Å²) in [4.78, 5) is 18.0. The number of carbonyl (C=O) groups is 1. The number of hydrogen-bond donors (Lipinski definition) is 2. The van der Waals surface area contributed by atoms with E-state index >= 15 is 0 Å². The van der Waals surface area contributed by atoms with E-state index < -0.39 is 23.3 Å². The van der Waals surface area contributed by atoms with Crippen molar-refractivity contribution in [3.05, 3.63) is 65.2 Å². The van der Waals surface area contributed by atoms with Crippen molar-refractivity contribution in [3.63, 3.8) is 0 Å². The largest absolute Gasteiger partial charge is 0.504 e. The van der Waals surface area contributed by atoms with Gasteiger partial charge in [-0.15, -0.1) is 0 Å². The van der Waals surface area contributed by atoms with Gasteiger partial charge in [0.1, 0.15) is 0 Å². The normalized spacial score (nSPS) is 14.0. The number of amides is 1. The molecule has 1 amide bonds. The van der Waals surface area contributed by atoms with Crippen LogP contribution in [0.4, 0.5) is 13.2 Å². The highest BCUT2D eigenvalue weighted by atomic mass is 19.4. The first kappa shape index (κ1) is 18.8. The number of carbonyl (C=O) groups excluding carboxylic acids is 1. The molecule has 7 nitrogen and oxygen atoms in total. The van der Waals surface area contributed by atoms with Crippen LogP contribution in [0.15, 0.2) is 42.9 Å². The minimum absolute atomic E-state index is 0.0113. The molecule has 10 heteroatoms. The van der Waals surface area contributed by atoms with Gasteiger partial charge in [0.15, 0.2) is 17.2 Å². The summed E-state index contributed by atoms with van der Waals surface area (Å²) in [7, 11) is 0. The van der Waals surface area contributed by atoms with E-state index in [4.69, 9.17) is 0 Å². The minimum atomic E-state index is -4.81. The molecule has 0 fully saturated rings. The monoisotopic (exact) mass is 404 g/mol. The molecular weight excluding hydrogens is 389 g/mol. The fourth-order valence-corrected chi connectivity index (χ4v) is 3.38. The second kappa shape index (κ2) is 6.80. The fourth-order valence-electron chi connectivity index (χ4n) is 3.38. The summed E-state index contributed by atoms with van der Waals surface area (Å²) in [6.07, 6.45) is -0.919. The van der Waals surface area contributed by atoms with Gasteiger partial charge in [0, 0.05) is 19.3 Å². The molecule has 4 rings (SSSR count). The van der Waals surface area contributed by atoms with Crippen LogP contribution in [0.1, 0.15) is 27.2 Å². The molecule has 0 bridgehead atoms. The zero-order chi connectivity index (χ0) is 20.8. The molecule has 1 aliphatic rings. The van der Waals surface area contributed by atoms with Crippen molar-refractivity contribution in [2.45, 2.75) is 19.1 Å². The van der Waals surface area contributed by atoms with Crippen LogP contribution in [0.25, 0.3) is 5.69 Å². The highest BCUT2D eigenvalue weighted by Crippen LogP contribution is 2.36. The van der Waals surface area contributed by atoms with E-state index in [0.717, 1.165) is 11.8 Å². The number of rotatable bonds is 2. The third-order valence-corrected chi connectivity index (χ3v) is 4.75. The number of aromatic hydroxyl groups is 2. The van der Waals surface area contributed by atoms with Crippen molar-refractivity contribution in [2.24, 2.45) is 0 Å². The SMILES string of the molecule is O=C(c1cnn(-c2cccnc2)c1C(F)(F)F)N1CCc2cc(O)c(O)cc2C1. The lowest BCUT2D eigenvalue weighted by atomic mass is 9.98. The van der Waals surface area contributed by atoms with E-state index in [0.29, 0.717) is 16.7 Å². The molecule has 0 spiro atoms. The Morgan fingerprint density at radius 2 is 1.83 bits per heavy atom. The highest BCUT2D eigenvalue weighted by Gasteiger charge is 2.41. The second-order valence-electron chi connectivity index (χ2n) is 6.61. The maximum absolute atomic E-state index is 13.8. The predicted octanol–water partition coefficient (Wildman–Crippen LogP) is 2.90. The summed E-state index contributed by atoms with van der Waals surface area (Å²) in [6.45, 7) is 0.183. The van der Waals surface area contributed by atoms with Gasteiger partial charge in [-0.2, -0.15) is 18.3 Å². The fraction of sp³-hybridized carbons (Fsp3) is 0.211. The van der Waals surface area contributed by atoms with Crippen LogP contribution in [0.3, 0.4) is 0 Å². The Labute approximate surface area is 162 Å². The summed E-state index contributed by atoms with van der Waals surface area (Å²) < 4.78 is 42.0. The van der Waals surface area contributed by atoms with E-state index in [1.165, 1.54) is 41.6 Å². The topological polar surface area (TPSA) is 91.5 Å². The molecule has 0 saturated carbocycles. The predicted molar refractivity (Wildman–Crippen MR) is 94.6 cm³/mol. The molecule has 0 aliphatic carbocycles. The Bertz CT molecular complexity index is 1080. The van der Waals surface area contributed by atoms with Crippen LogP contribution in [-0.2, 0) is 19.1 Å². The molecule has 1 aliphatic heterocycles. The Hall–Kier alpha value is -3.56. The van der Waals surface area contributed by atoms with E-state index in [9.17, 15) is 28.2 Å². The van der Waals surface area contributed by atoms with Gasteiger partial charge < -0.3 is 15.1 Å². The van der Waals surface area contributed by atoms with Gasteiger partial charge in [-0.05, 0) is 41.8 Å². The van der Waals surface area contributed by atoms with E-state index in [1.807, 2.05) is 0 Å². The van der Waals surface area contributed by atoms with Crippen LogP contribution in [0, 0.1) is 0 Å². The Balaban J connectivity index is 1.71. The van der Waals surface area contributed by atoms with Crippen LogP contribution < -0.4 is 0 Å². The minimum Gasteiger partial charge on any atom is -0.504 e. The molecule has 29 heavy (non-hydrogen) atoms. The van der Waals surface area contributed by atoms with Crippen molar-refractivity contribution >= 4 is 5.91 Å². The van der Waals surface area contributed by atoms with Gasteiger partial charge in [-0.25, -0.2) is 4.68 Å². The number of alkyl halides is 3. The number of fused-ring (bicyclic) bond motifs is 1. The van der Waals surface area contributed by atoms with Crippen LogP contribution in [0.5, 0.6) is 11.5 Å². The first-order valence-corrected chi connectivity index (χ1v) is 8.64. The lowest BCUT2D eigenvalue weighted by molar-refractivity contribution is -0.143. The summed E-state index contributed by atoms with van der Waals surface area (Å²) in [5.41, 5.74) is -0.356. The van der Waals surface area contributed by atoms with Gasteiger partial charge in [0.2, 0.25) is 0 Å². The maximum atomic E-state index is 13.8. The third-order valence-electron chi connectivity index (χ3n) is 4.75. The standard InChI is InChI=1S/C19H15F3N4O3/c20-19(21,22)17-14(9-24-26(17)13-2-1-4-23-8-13)18(29)25-5-3-11-6-15(27)16(28)7-12(11)10-25/h1-2,4,6-9,27-28H,3,5,10H2. The number of halogens is 3. The number of phenols is 2. The van der Waals surface area contributed by atoms with E-state index in [2.05, 4.69) is 10.1 Å². The number of pyridine rings is 1. The molecule has 3 heterocycles. The third kappa shape index (κ3) is 3.37. The summed E-state index contributed by atoms with van der Waals surface area (Å²) in [6, 6.07) is 5.60. The number of nitrogens with zero attached hydrogens (tertiary/aromatic N) is 4. The molecule has 0 unspecified atom stereocenters. The quantitative estimate of drug-likeness (QED) is 0.641. The molecule has 0 atom stereocenters. The second-order valence-corrected chi connectivity index (χ2v) is 6.61. The smallest absolute Gasteiger partial charge is 0.434 e. The molecule has 3 aromatic rings. The van der Waals surface area contributed by atoms with E-state index in [1.54, 1.807) is 0 Å². The van der Waals surface area contributed by atoms with Crippen LogP contribution >= 0.6 is 0 Å². The highest BCUT2D eigenvalue weighted by molar-refractivity contribution is 5.95. The van der Waals surface area contributed by atoms with Gasteiger partial charge >= 0.3 is 6.18 Å². The average molecular weight is 404 g/mol. The molecule has 2 aromatic heterocycles. The van der Waals surface area contributed by atoms with Gasteiger partial charge in [-0.3, -0.25) is 9.78 Å². The lowest BCUT2D eigenvalue weighted by Crippen LogP contribution is -2.36. The van der Waals surface area contributed by atoms with Gasteiger partial charge in [-0.1, -0.05) is 0 Å². The van der Waals surface area contributed by atoms with Crippen LogP contribution in [0.2, 0.25) is 0 Å². The van der Waals surface area contributed by atoms with Crippen LogP contribution in [-0.4, -0.2) is 42.3 Å². The lowest BCUT2D eigenvalue weighted by Gasteiger charge is -2.29. The van der Waals surface area contributed by atoms with Gasteiger partial charge in [0.05, 0.1) is 23.6 Å². The molecule has 2 N–H and O–H groups in total. The number of phenolic OH excluding ortho intramolecular Hbond substituents is 2. The summed E-state index contributed by atoms with van der Waals surface area (Å²) in [5.74, 6) is -1.44.